The molecule has 1 spiro atoms. The first-order chi connectivity index (χ1) is 17.7. The molecule has 0 amide bonds. The number of allylic oxidation sites excluding steroid dienone is 4. The van der Waals surface area contributed by atoms with E-state index >= 15 is 0 Å². The van der Waals surface area contributed by atoms with Gasteiger partial charge in [0.15, 0.2) is 11.6 Å². The molecule has 0 unspecified atom stereocenters. The number of esters is 1. The number of carbonyl (C=O) groups excluding carboxylic acids is 3. The van der Waals surface area contributed by atoms with Gasteiger partial charge in [-0.05, 0) is 79.1 Å². The van der Waals surface area contributed by atoms with Crippen molar-refractivity contribution in [2.45, 2.75) is 79.6 Å². The van der Waals surface area contributed by atoms with E-state index in [-0.39, 0.29) is 57.1 Å². The van der Waals surface area contributed by atoms with E-state index in [9.17, 15) is 19.6 Å². The minimum atomic E-state index is -0.669. The predicted molar refractivity (Wildman–Crippen MR) is 140 cm³/mol. The summed E-state index contributed by atoms with van der Waals surface area (Å²) in [7, 11) is 1.48. The molecule has 0 bridgehead atoms. The second kappa shape index (κ2) is 7.68. The lowest BCUT2D eigenvalue weighted by Crippen LogP contribution is -2.68. The van der Waals surface area contributed by atoms with Crippen LogP contribution in [0.2, 0.25) is 0 Å². The van der Waals surface area contributed by atoms with E-state index in [0.717, 1.165) is 50.5 Å². The van der Waals surface area contributed by atoms with E-state index in [4.69, 9.17) is 9.47 Å². The minimum Gasteiger partial charge on any atom is -0.469 e. The summed E-state index contributed by atoms with van der Waals surface area (Å²) in [6, 6.07) is 2.18. The number of ether oxygens (including phenoxy) is 2. The number of fused-ring (bicyclic) bond motifs is 8. The lowest BCUT2D eigenvalue weighted by Gasteiger charge is -2.69. The van der Waals surface area contributed by atoms with Crippen molar-refractivity contribution in [1.29, 1.82) is 5.26 Å². The van der Waals surface area contributed by atoms with Crippen LogP contribution >= 0.6 is 0 Å². The molecule has 5 aliphatic carbocycles. The number of nitriles is 1. The maximum atomic E-state index is 14.4. The van der Waals surface area contributed by atoms with Crippen LogP contribution in [0.3, 0.4) is 0 Å². The summed E-state index contributed by atoms with van der Waals surface area (Å²) in [6.45, 7) is 12.0. The number of rotatable bonds is 1. The topological polar surface area (TPSA) is 93.5 Å². The molecule has 6 heteroatoms. The summed E-state index contributed by atoms with van der Waals surface area (Å²) in [5, 5.41) is 9.94. The molecule has 0 N–H and O–H groups in total. The van der Waals surface area contributed by atoms with Gasteiger partial charge in [-0.2, -0.15) is 5.26 Å². The summed E-state index contributed by atoms with van der Waals surface area (Å²) < 4.78 is 11.0. The molecule has 0 aromatic rings. The zero-order chi connectivity index (χ0) is 27.5. The van der Waals surface area contributed by atoms with Crippen LogP contribution in [0.5, 0.6) is 0 Å². The predicted octanol–water partition coefficient (Wildman–Crippen LogP) is 5.37. The minimum absolute atomic E-state index is 0.00647. The first kappa shape index (κ1) is 26.0. The van der Waals surface area contributed by atoms with E-state index < -0.39 is 16.2 Å². The van der Waals surface area contributed by atoms with Gasteiger partial charge in [-0.1, -0.05) is 46.3 Å². The molecule has 38 heavy (non-hydrogen) atoms. The van der Waals surface area contributed by atoms with Crippen LogP contribution in [0.1, 0.15) is 79.6 Å². The maximum absolute atomic E-state index is 14.4. The number of hydrogen-bond donors (Lipinski definition) is 0. The van der Waals surface area contributed by atoms with E-state index in [1.165, 1.54) is 7.11 Å². The Morgan fingerprint density at radius 1 is 1.05 bits per heavy atom. The van der Waals surface area contributed by atoms with Crippen LogP contribution in [0.25, 0.3) is 0 Å². The number of hydrogen-bond acceptors (Lipinski definition) is 6. The standard InChI is InChI=1S/C32H41NO5/c1-27(2)9-11-31(26(36)37-6)12-10-30(5)24(20(31)15-27)21(34)13-23-28(3)14-19(16-33)25(35)32(17-38-18-32)22(28)7-8-29(23,30)4/h13-14,20,22,24H,7-12,15,17-18H2,1-6H3/t20-,22+,24-,28-,29+,30+,31-/m0/s1. The number of ketones is 2. The summed E-state index contributed by atoms with van der Waals surface area (Å²) in [4.78, 5) is 41.2. The van der Waals surface area contributed by atoms with Crippen molar-refractivity contribution in [2.75, 3.05) is 20.3 Å². The Morgan fingerprint density at radius 2 is 1.74 bits per heavy atom. The van der Waals surface area contributed by atoms with Crippen LogP contribution in [0.4, 0.5) is 0 Å². The molecule has 3 saturated carbocycles. The quantitative estimate of drug-likeness (QED) is 0.433. The highest BCUT2D eigenvalue weighted by atomic mass is 16.5. The molecule has 1 aliphatic heterocycles. The molecule has 1 heterocycles. The van der Waals surface area contributed by atoms with Crippen LogP contribution < -0.4 is 0 Å². The highest BCUT2D eigenvalue weighted by Gasteiger charge is 2.72. The summed E-state index contributed by atoms with van der Waals surface area (Å²) in [5.41, 5.74) is -1.12. The average molecular weight is 520 g/mol. The zero-order valence-corrected chi connectivity index (χ0v) is 23.7. The molecule has 6 aliphatic rings. The summed E-state index contributed by atoms with van der Waals surface area (Å²) >= 11 is 0. The van der Waals surface area contributed by atoms with Gasteiger partial charge in [-0.15, -0.1) is 0 Å². The van der Waals surface area contributed by atoms with Gasteiger partial charge in [-0.3, -0.25) is 14.4 Å². The third kappa shape index (κ3) is 2.85. The van der Waals surface area contributed by atoms with E-state index in [1.807, 2.05) is 12.2 Å². The van der Waals surface area contributed by atoms with Crippen LogP contribution in [0, 0.1) is 61.6 Å². The van der Waals surface area contributed by atoms with Gasteiger partial charge in [-0.25, -0.2) is 0 Å². The lowest BCUT2D eigenvalue weighted by atomic mass is 9.34. The largest absolute Gasteiger partial charge is 0.469 e. The number of nitrogens with zero attached hydrogens (tertiary/aromatic N) is 1. The molecule has 0 aromatic carbocycles. The first-order valence-electron chi connectivity index (χ1n) is 14.4. The van der Waals surface area contributed by atoms with Gasteiger partial charge in [0.2, 0.25) is 0 Å². The molecule has 7 atom stereocenters. The molecule has 4 fully saturated rings. The van der Waals surface area contributed by atoms with Gasteiger partial charge in [0.05, 0.1) is 36.7 Å². The highest BCUT2D eigenvalue weighted by Crippen LogP contribution is 2.75. The summed E-state index contributed by atoms with van der Waals surface area (Å²) in [6.07, 6.45) is 9.58. The van der Waals surface area contributed by atoms with E-state index in [1.54, 1.807) is 0 Å². The highest BCUT2D eigenvalue weighted by molar-refractivity contribution is 6.06. The fourth-order valence-corrected chi connectivity index (χ4v) is 10.5. The van der Waals surface area contributed by atoms with Crippen LogP contribution in [-0.2, 0) is 23.9 Å². The molecule has 0 aromatic heterocycles. The smallest absolute Gasteiger partial charge is 0.312 e. The first-order valence-corrected chi connectivity index (χ1v) is 14.4. The maximum Gasteiger partial charge on any atom is 0.312 e. The number of carbonyl (C=O) groups is 3. The number of Topliss-reactive ketones (excluding diaryl/α,β-unsaturated/α-hetero) is 1. The Balaban J connectivity index is 1.52. The second-order valence-electron chi connectivity index (χ2n) is 14.8. The monoisotopic (exact) mass is 519 g/mol. The van der Waals surface area contributed by atoms with E-state index in [2.05, 4.69) is 40.7 Å². The van der Waals surface area contributed by atoms with Crippen molar-refractivity contribution in [2.24, 2.45) is 50.2 Å². The Hall–Kier alpha value is -2.26. The van der Waals surface area contributed by atoms with Gasteiger partial charge in [0, 0.05) is 11.3 Å². The Labute approximate surface area is 226 Å². The molecule has 6 rings (SSSR count). The van der Waals surface area contributed by atoms with Crippen LogP contribution in [-0.4, -0.2) is 37.9 Å². The molecule has 204 valence electrons. The Kier molecular flexibility index (Phi) is 5.26. The SMILES string of the molecule is COC(=O)[C@]12CCC(C)(C)C[C@H]1[C@H]1C(=O)C=C3[C@@]4(C)C=C(C#N)C(=O)C5(COC5)[C@@H]4CC[C@@]3(C)[C@]1(C)CC2. The second-order valence-corrected chi connectivity index (χ2v) is 14.8. The lowest BCUT2D eigenvalue weighted by molar-refractivity contribution is -0.201. The van der Waals surface area contributed by atoms with Crippen molar-refractivity contribution in [3.63, 3.8) is 0 Å². The fraction of sp³-hybridized carbons (Fsp3) is 0.750. The van der Waals surface area contributed by atoms with Crippen molar-refractivity contribution in [3.8, 4) is 6.07 Å². The normalized spacial score (nSPS) is 46.2. The van der Waals surface area contributed by atoms with E-state index in [0.29, 0.717) is 13.2 Å². The van der Waals surface area contributed by atoms with Gasteiger partial charge in [0.25, 0.3) is 0 Å². The van der Waals surface area contributed by atoms with Gasteiger partial charge >= 0.3 is 5.97 Å². The van der Waals surface area contributed by atoms with Crippen molar-refractivity contribution in [3.05, 3.63) is 23.3 Å². The Morgan fingerprint density at radius 3 is 2.34 bits per heavy atom. The van der Waals surface area contributed by atoms with Gasteiger partial charge in [0.1, 0.15) is 6.07 Å². The number of methoxy groups -OCH3 is 1. The average Bonchev–Trinajstić information content (AvgIpc) is 2.83. The molecule has 6 nitrogen and oxygen atoms in total. The molecule has 0 radical (unpaired) electrons. The molecule has 1 saturated heterocycles. The molecular formula is C32H41NO5. The zero-order valence-electron chi connectivity index (χ0n) is 23.7. The van der Waals surface area contributed by atoms with Crippen molar-refractivity contribution >= 4 is 17.5 Å². The van der Waals surface area contributed by atoms with Gasteiger partial charge < -0.3 is 9.47 Å². The third-order valence-corrected chi connectivity index (χ3v) is 12.8. The fourth-order valence-electron chi connectivity index (χ4n) is 10.5. The third-order valence-electron chi connectivity index (χ3n) is 12.8. The van der Waals surface area contributed by atoms with Crippen molar-refractivity contribution in [1.82, 2.24) is 0 Å². The van der Waals surface area contributed by atoms with Crippen molar-refractivity contribution < 1.29 is 23.9 Å². The molecular weight excluding hydrogens is 478 g/mol. The Bertz CT molecular complexity index is 1250. The van der Waals surface area contributed by atoms with Crippen LogP contribution in [0.15, 0.2) is 23.3 Å². The summed E-state index contributed by atoms with van der Waals surface area (Å²) in [5.74, 6) is -0.437.